The van der Waals surface area contributed by atoms with Crippen molar-refractivity contribution in [3.8, 4) is 0 Å². The van der Waals surface area contributed by atoms with Crippen LogP contribution in [0.3, 0.4) is 0 Å². The van der Waals surface area contributed by atoms with E-state index in [0.29, 0.717) is 0 Å². The molecule has 0 saturated carbocycles. The molecule has 0 heterocycles. The summed E-state index contributed by atoms with van der Waals surface area (Å²) < 4.78 is 4.38. The molecule has 106 valence electrons. The number of urea groups is 1. The third kappa shape index (κ3) is 5.41. The van der Waals surface area contributed by atoms with Crippen molar-refractivity contribution in [2.24, 2.45) is 0 Å². The van der Waals surface area contributed by atoms with Crippen LogP contribution in [0.4, 0.5) is 4.79 Å². The second kappa shape index (κ2) is 7.40. The van der Waals surface area contributed by atoms with Crippen LogP contribution >= 0.6 is 0 Å². The average molecular weight is 270 g/mol. The van der Waals surface area contributed by atoms with E-state index in [1.807, 2.05) is 12.2 Å². The van der Waals surface area contributed by atoms with Crippen molar-refractivity contribution >= 4 is 18.0 Å². The maximum absolute atomic E-state index is 11.6. The summed E-state index contributed by atoms with van der Waals surface area (Å²) in [4.78, 5) is 33.6. The van der Waals surface area contributed by atoms with Crippen molar-refractivity contribution in [1.29, 1.82) is 0 Å². The number of esters is 1. The van der Waals surface area contributed by atoms with E-state index in [1.165, 1.54) is 0 Å². The van der Waals surface area contributed by atoms with E-state index in [9.17, 15) is 14.4 Å². The average Bonchev–Trinajstić information content (AvgIpc) is 2.38. The van der Waals surface area contributed by atoms with Gasteiger partial charge in [0.15, 0.2) is 0 Å². The summed E-state index contributed by atoms with van der Waals surface area (Å²) >= 11 is 0. The van der Waals surface area contributed by atoms with E-state index in [4.69, 9.17) is 5.11 Å². The number of ether oxygens (including phenoxy) is 1. The van der Waals surface area contributed by atoms with Gasteiger partial charge in [0.1, 0.15) is 6.04 Å². The lowest BCUT2D eigenvalue weighted by molar-refractivity contribution is -0.147. The predicted molar refractivity (Wildman–Crippen MR) is 66.5 cm³/mol. The summed E-state index contributed by atoms with van der Waals surface area (Å²) in [6.45, 7) is 0. The van der Waals surface area contributed by atoms with Gasteiger partial charge in [-0.2, -0.15) is 0 Å². The summed E-state index contributed by atoms with van der Waals surface area (Å²) in [5.74, 6) is -1.96. The predicted octanol–water partition coefficient (Wildman–Crippen LogP) is 0.411. The van der Waals surface area contributed by atoms with Crippen LogP contribution in [0.5, 0.6) is 0 Å². The fourth-order valence-electron chi connectivity index (χ4n) is 1.76. The van der Waals surface area contributed by atoms with Gasteiger partial charge in [-0.3, -0.25) is 4.79 Å². The lowest BCUT2D eigenvalue weighted by Gasteiger charge is -2.21. The zero-order valence-corrected chi connectivity index (χ0v) is 10.7. The maximum Gasteiger partial charge on any atom is 0.326 e. The number of carboxylic acids is 1. The molecular formula is C12H18N2O5. The highest BCUT2D eigenvalue weighted by atomic mass is 16.5. The molecule has 0 saturated heterocycles. The first kappa shape index (κ1) is 15.0. The second-order valence-electron chi connectivity index (χ2n) is 4.27. The molecule has 3 N–H and O–H groups in total. The number of carbonyl (C=O) groups is 3. The number of hydrogen-bond acceptors (Lipinski definition) is 4. The van der Waals surface area contributed by atoms with Gasteiger partial charge in [0.25, 0.3) is 0 Å². The number of hydrogen-bond donors (Lipinski definition) is 3. The van der Waals surface area contributed by atoms with E-state index in [0.717, 1.165) is 26.4 Å². The first-order valence-corrected chi connectivity index (χ1v) is 6.04. The van der Waals surface area contributed by atoms with Crippen LogP contribution < -0.4 is 10.6 Å². The highest BCUT2D eigenvalue weighted by molar-refractivity contribution is 5.86. The zero-order chi connectivity index (χ0) is 14.3. The van der Waals surface area contributed by atoms with Crippen LogP contribution in [0.25, 0.3) is 0 Å². The number of carboxylic acid groups (broad SMARTS) is 1. The van der Waals surface area contributed by atoms with Crippen LogP contribution in [0.1, 0.15) is 25.7 Å². The monoisotopic (exact) mass is 270 g/mol. The molecule has 2 atom stereocenters. The molecule has 0 spiro atoms. The minimum atomic E-state index is -1.29. The Kier molecular flexibility index (Phi) is 5.84. The molecule has 1 aliphatic carbocycles. The van der Waals surface area contributed by atoms with Crippen LogP contribution in [0.2, 0.25) is 0 Å². The van der Waals surface area contributed by atoms with Crippen molar-refractivity contribution in [3.05, 3.63) is 12.2 Å². The zero-order valence-electron chi connectivity index (χ0n) is 10.7. The van der Waals surface area contributed by atoms with E-state index < -0.39 is 30.4 Å². The molecular weight excluding hydrogens is 252 g/mol. The molecule has 7 heteroatoms. The summed E-state index contributed by atoms with van der Waals surface area (Å²) in [6.07, 6.45) is 6.03. The Morgan fingerprint density at radius 1 is 1.42 bits per heavy atom. The first-order valence-electron chi connectivity index (χ1n) is 6.04. The molecule has 2 amide bonds. The van der Waals surface area contributed by atoms with E-state index >= 15 is 0 Å². The minimum absolute atomic E-state index is 0.00225. The van der Waals surface area contributed by atoms with Crippen molar-refractivity contribution in [2.75, 3.05) is 7.11 Å². The highest BCUT2D eigenvalue weighted by Gasteiger charge is 2.24. The van der Waals surface area contributed by atoms with Gasteiger partial charge in [-0.15, -0.1) is 0 Å². The number of carbonyl (C=O) groups excluding carboxylic acids is 2. The number of amides is 2. The molecule has 1 rings (SSSR count). The summed E-state index contributed by atoms with van der Waals surface area (Å²) in [6, 6.07) is -1.87. The Hall–Kier alpha value is -2.05. The third-order valence-corrected chi connectivity index (χ3v) is 2.81. The topological polar surface area (TPSA) is 105 Å². The van der Waals surface area contributed by atoms with Crippen LogP contribution in [-0.4, -0.2) is 42.3 Å². The summed E-state index contributed by atoms with van der Waals surface area (Å²) in [5.41, 5.74) is 0. The van der Waals surface area contributed by atoms with Gasteiger partial charge in [-0.25, -0.2) is 9.59 Å². The molecule has 1 unspecified atom stereocenters. The van der Waals surface area contributed by atoms with Gasteiger partial charge in [-0.1, -0.05) is 12.2 Å². The van der Waals surface area contributed by atoms with Crippen molar-refractivity contribution < 1.29 is 24.2 Å². The Bertz CT molecular complexity index is 380. The van der Waals surface area contributed by atoms with Crippen molar-refractivity contribution in [1.82, 2.24) is 10.6 Å². The van der Waals surface area contributed by atoms with Crippen molar-refractivity contribution in [2.45, 2.75) is 37.8 Å². The van der Waals surface area contributed by atoms with E-state index in [1.54, 1.807) is 0 Å². The molecule has 0 aromatic carbocycles. The Morgan fingerprint density at radius 3 is 2.68 bits per heavy atom. The Balaban J connectivity index is 2.44. The molecule has 0 aromatic rings. The maximum atomic E-state index is 11.6. The number of methoxy groups -OCH3 is 1. The standard InChI is InChI=1S/C12H18N2O5/c1-19-10(15)7-9(11(16)17)14-12(18)13-8-5-3-2-4-6-8/h2-3,8-9H,4-7H2,1H3,(H,16,17)(H2,13,14,18)/t8?,9-/m0/s1. The molecule has 0 aliphatic heterocycles. The number of rotatable bonds is 5. The smallest absolute Gasteiger partial charge is 0.326 e. The number of allylic oxidation sites excluding steroid dienone is 1. The normalized spacial score (nSPS) is 19.3. The molecule has 0 bridgehead atoms. The van der Waals surface area contributed by atoms with E-state index in [-0.39, 0.29) is 6.04 Å². The first-order chi connectivity index (χ1) is 9.02. The summed E-state index contributed by atoms with van der Waals surface area (Å²) in [7, 11) is 1.16. The van der Waals surface area contributed by atoms with Gasteiger partial charge in [-0.05, 0) is 19.3 Å². The molecule has 19 heavy (non-hydrogen) atoms. The number of nitrogens with one attached hydrogen (secondary N) is 2. The lowest BCUT2D eigenvalue weighted by atomic mass is 10.0. The number of aliphatic carboxylic acids is 1. The van der Waals surface area contributed by atoms with Gasteiger partial charge >= 0.3 is 18.0 Å². The summed E-state index contributed by atoms with van der Waals surface area (Å²) in [5, 5.41) is 13.8. The van der Waals surface area contributed by atoms with Gasteiger partial charge in [0, 0.05) is 6.04 Å². The van der Waals surface area contributed by atoms with Crippen LogP contribution in [0, 0.1) is 0 Å². The molecule has 7 nitrogen and oxygen atoms in total. The fourth-order valence-corrected chi connectivity index (χ4v) is 1.76. The molecule has 0 aromatic heterocycles. The van der Waals surface area contributed by atoms with Gasteiger partial charge in [0.2, 0.25) is 0 Å². The quantitative estimate of drug-likeness (QED) is 0.496. The molecule has 1 aliphatic rings. The Morgan fingerprint density at radius 2 is 2.16 bits per heavy atom. The van der Waals surface area contributed by atoms with Crippen molar-refractivity contribution in [3.63, 3.8) is 0 Å². The van der Waals surface area contributed by atoms with Crippen LogP contribution in [-0.2, 0) is 14.3 Å². The molecule has 0 fully saturated rings. The second-order valence-corrected chi connectivity index (χ2v) is 4.27. The molecule has 0 radical (unpaired) electrons. The van der Waals surface area contributed by atoms with Gasteiger partial charge < -0.3 is 20.5 Å². The van der Waals surface area contributed by atoms with E-state index in [2.05, 4.69) is 15.4 Å². The largest absolute Gasteiger partial charge is 0.480 e. The van der Waals surface area contributed by atoms with Gasteiger partial charge in [0.05, 0.1) is 13.5 Å². The third-order valence-electron chi connectivity index (χ3n) is 2.81. The SMILES string of the molecule is COC(=O)C[C@H](NC(=O)NC1CC=CCC1)C(=O)O. The highest BCUT2D eigenvalue weighted by Crippen LogP contribution is 2.10. The Labute approximate surface area is 111 Å². The minimum Gasteiger partial charge on any atom is -0.480 e. The van der Waals surface area contributed by atoms with Crippen LogP contribution in [0.15, 0.2) is 12.2 Å². The lowest BCUT2D eigenvalue weighted by Crippen LogP contribution is -2.49. The fraction of sp³-hybridized carbons (Fsp3) is 0.583.